The molecule has 2 heterocycles. The lowest BCUT2D eigenvalue weighted by Gasteiger charge is -2.27. The summed E-state index contributed by atoms with van der Waals surface area (Å²) in [6.07, 6.45) is 0. The van der Waals surface area contributed by atoms with Crippen LogP contribution in [0.25, 0.3) is 5.69 Å². The number of rotatable bonds is 7. The second-order valence-electron chi connectivity index (χ2n) is 7.11. The number of aromatic nitrogens is 3. The minimum Gasteiger partial charge on any atom is -0.465 e. The Balaban J connectivity index is 1.51. The van der Waals surface area contributed by atoms with Crippen LogP contribution in [-0.4, -0.2) is 65.8 Å². The zero-order chi connectivity index (χ0) is 23.2. The fourth-order valence-corrected chi connectivity index (χ4v) is 4.08. The zero-order valence-electron chi connectivity index (χ0n) is 17.9. The van der Waals surface area contributed by atoms with Gasteiger partial charge in [0.05, 0.1) is 37.3 Å². The molecule has 1 aliphatic rings. The van der Waals surface area contributed by atoms with Crippen LogP contribution in [0.1, 0.15) is 10.4 Å². The third kappa shape index (κ3) is 5.49. The Morgan fingerprint density at radius 1 is 1.15 bits per heavy atom. The first-order valence-electron chi connectivity index (χ1n) is 10.2. The number of halogens is 1. The van der Waals surface area contributed by atoms with Gasteiger partial charge in [-0.2, -0.15) is 0 Å². The van der Waals surface area contributed by atoms with Gasteiger partial charge in [-0.25, -0.2) is 9.18 Å². The highest BCUT2D eigenvalue weighted by Crippen LogP contribution is 2.27. The summed E-state index contributed by atoms with van der Waals surface area (Å²) in [5.74, 6) is -0.548. The van der Waals surface area contributed by atoms with Crippen molar-refractivity contribution >= 4 is 35.3 Å². The summed E-state index contributed by atoms with van der Waals surface area (Å²) in [6.45, 7) is 2.39. The summed E-state index contributed by atoms with van der Waals surface area (Å²) in [6, 6.07) is 12.6. The number of hydrogen-bond acceptors (Lipinski definition) is 8. The van der Waals surface area contributed by atoms with Crippen molar-refractivity contribution in [1.82, 2.24) is 14.8 Å². The lowest BCUT2D eigenvalue weighted by Crippen LogP contribution is -2.37. The molecule has 1 amide bonds. The lowest BCUT2D eigenvalue weighted by molar-refractivity contribution is -0.113. The molecule has 0 bridgehead atoms. The van der Waals surface area contributed by atoms with Crippen molar-refractivity contribution in [2.45, 2.75) is 5.16 Å². The number of methoxy groups -OCH3 is 1. The van der Waals surface area contributed by atoms with Gasteiger partial charge in [-0.1, -0.05) is 23.9 Å². The van der Waals surface area contributed by atoms with Crippen molar-refractivity contribution in [2.24, 2.45) is 0 Å². The molecule has 1 fully saturated rings. The molecule has 9 nitrogen and oxygen atoms in total. The number of esters is 1. The van der Waals surface area contributed by atoms with Crippen molar-refractivity contribution < 1.29 is 23.5 Å². The molecule has 1 aliphatic heterocycles. The maximum Gasteiger partial charge on any atom is 0.337 e. The molecule has 0 atom stereocenters. The number of amides is 1. The number of thioether (sulfide) groups is 1. The average molecular weight is 472 g/mol. The van der Waals surface area contributed by atoms with Gasteiger partial charge in [-0.15, -0.1) is 10.2 Å². The van der Waals surface area contributed by atoms with E-state index < -0.39 is 5.97 Å². The van der Waals surface area contributed by atoms with Gasteiger partial charge >= 0.3 is 5.97 Å². The van der Waals surface area contributed by atoms with Crippen molar-refractivity contribution in [3.05, 3.63) is 59.9 Å². The van der Waals surface area contributed by atoms with E-state index >= 15 is 0 Å². The number of nitrogens with one attached hydrogen (secondary N) is 1. The van der Waals surface area contributed by atoms with Crippen LogP contribution >= 0.6 is 11.8 Å². The number of nitrogens with zero attached hydrogens (tertiary/aromatic N) is 4. The van der Waals surface area contributed by atoms with Crippen LogP contribution in [0.2, 0.25) is 0 Å². The Labute approximate surface area is 193 Å². The first-order chi connectivity index (χ1) is 16.0. The van der Waals surface area contributed by atoms with Gasteiger partial charge < -0.3 is 19.7 Å². The third-order valence-electron chi connectivity index (χ3n) is 4.88. The standard InChI is InChI=1S/C22H22FN5O4S/c1-31-20(30)15-4-2-6-17(12-15)24-19(29)14-33-22-26-25-21(27-8-10-32-11-9-27)28(22)18-7-3-5-16(23)13-18/h2-7,12-13H,8-11,14H2,1H3,(H,24,29). The minimum atomic E-state index is -0.487. The molecule has 0 unspecified atom stereocenters. The number of morpholine rings is 1. The van der Waals surface area contributed by atoms with E-state index in [0.29, 0.717) is 54.3 Å². The van der Waals surface area contributed by atoms with E-state index in [9.17, 15) is 14.0 Å². The highest BCUT2D eigenvalue weighted by atomic mass is 32.2. The predicted molar refractivity (Wildman–Crippen MR) is 121 cm³/mol. The molecule has 2 aromatic carbocycles. The molecule has 0 radical (unpaired) electrons. The van der Waals surface area contributed by atoms with Crippen molar-refractivity contribution in [2.75, 3.05) is 49.4 Å². The van der Waals surface area contributed by atoms with Gasteiger partial charge in [0.2, 0.25) is 11.9 Å². The molecule has 0 saturated carbocycles. The number of benzene rings is 2. The fourth-order valence-electron chi connectivity index (χ4n) is 3.33. The summed E-state index contributed by atoms with van der Waals surface area (Å²) < 4.78 is 25.8. The number of ether oxygens (including phenoxy) is 2. The third-order valence-corrected chi connectivity index (χ3v) is 5.81. The molecule has 1 saturated heterocycles. The molecular weight excluding hydrogens is 449 g/mol. The second kappa shape index (κ2) is 10.5. The van der Waals surface area contributed by atoms with Crippen molar-refractivity contribution in [3.8, 4) is 5.69 Å². The number of anilines is 2. The van der Waals surface area contributed by atoms with E-state index in [0.717, 1.165) is 0 Å². The second-order valence-corrected chi connectivity index (χ2v) is 8.05. The van der Waals surface area contributed by atoms with E-state index in [2.05, 4.69) is 15.5 Å². The highest BCUT2D eigenvalue weighted by molar-refractivity contribution is 7.99. The first-order valence-corrected chi connectivity index (χ1v) is 11.2. The van der Waals surface area contributed by atoms with Gasteiger partial charge in [0.15, 0.2) is 5.16 Å². The van der Waals surface area contributed by atoms with Gasteiger partial charge in [-0.05, 0) is 36.4 Å². The maximum absolute atomic E-state index is 13.9. The van der Waals surface area contributed by atoms with Crippen LogP contribution in [-0.2, 0) is 14.3 Å². The topological polar surface area (TPSA) is 98.6 Å². The molecule has 33 heavy (non-hydrogen) atoms. The molecule has 0 aliphatic carbocycles. The molecule has 172 valence electrons. The van der Waals surface area contributed by atoms with E-state index in [-0.39, 0.29) is 17.5 Å². The first kappa shape index (κ1) is 22.7. The molecule has 3 aromatic rings. The van der Waals surface area contributed by atoms with Crippen molar-refractivity contribution in [1.29, 1.82) is 0 Å². The Hall–Kier alpha value is -3.44. The quantitative estimate of drug-likeness (QED) is 0.415. The van der Waals surface area contributed by atoms with Crippen LogP contribution in [0, 0.1) is 5.82 Å². The summed E-state index contributed by atoms with van der Waals surface area (Å²) in [5.41, 5.74) is 1.38. The minimum absolute atomic E-state index is 0.0407. The molecule has 0 spiro atoms. The monoisotopic (exact) mass is 471 g/mol. The summed E-state index contributed by atoms with van der Waals surface area (Å²) in [5, 5.41) is 11.8. The van der Waals surface area contributed by atoms with E-state index in [1.54, 1.807) is 41.0 Å². The van der Waals surface area contributed by atoms with Gasteiger partial charge in [-0.3, -0.25) is 9.36 Å². The van der Waals surface area contributed by atoms with Crippen LogP contribution in [0.5, 0.6) is 0 Å². The van der Waals surface area contributed by atoms with E-state index in [1.807, 2.05) is 4.90 Å². The number of hydrogen-bond donors (Lipinski definition) is 1. The Bertz CT molecular complexity index is 1150. The normalized spacial score (nSPS) is 13.6. The molecule has 4 rings (SSSR count). The Morgan fingerprint density at radius 3 is 2.70 bits per heavy atom. The van der Waals surface area contributed by atoms with Crippen LogP contribution in [0.15, 0.2) is 53.7 Å². The molecular formula is C22H22FN5O4S. The Morgan fingerprint density at radius 2 is 1.94 bits per heavy atom. The predicted octanol–water partition coefficient (Wildman–Crippen LogP) is 2.76. The molecule has 1 N–H and O–H groups in total. The van der Waals surface area contributed by atoms with Crippen LogP contribution in [0.4, 0.5) is 16.0 Å². The SMILES string of the molecule is COC(=O)c1cccc(NC(=O)CSc2nnc(N3CCOCC3)n2-c2cccc(F)c2)c1. The molecule has 11 heteroatoms. The van der Waals surface area contributed by atoms with E-state index in [4.69, 9.17) is 9.47 Å². The maximum atomic E-state index is 13.9. The van der Waals surface area contributed by atoms with E-state index in [1.165, 1.54) is 31.0 Å². The van der Waals surface area contributed by atoms with Crippen molar-refractivity contribution in [3.63, 3.8) is 0 Å². The van der Waals surface area contributed by atoms with Crippen LogP contribution in [0.3, 0.4) is 0 Å². The molecule has 1 aromatic heterocycles. The average Bonchev–Trinajstić information content (AvgIpc) is 3.27. The smallest absolute Gasteiger partial charge is 0.337 e. The Kier molecular flexibility index (Phi) is 7.20. The summed E-state index contributed by atoms with van der Waals surface area (Å²) in [7, 11) is 1.30. The lowest BCUT2D eigenvalue weighted by atomic mass is 10.2. The largest absolute Gasteiger partial charge is 0.465 e. The summed E-state index contributed by atoms with van der Waals surface area (Å²) in [4.78, 5) is 26.3. The number of carbonyl (C=O) groups is 2. The van der Waals surface area contributed by atoms with Gasteiger partial charge in [0.25, 0.3) is 0 Å². The van der Waals surface area contributed by atoms with Gasteiger partial charge in [0.1, 0.15) is 5.82 Å². The van der Waals surface area contributed by atoms with Gasteiger partial charge in [0, 0.05) is 18.8 Å². The zero-order valence-corrected chi connectivity index (χ0v) is 18.7. The summed E-state index contributed by atoms with van der Waals surface area (Å²) >= 11 is 1.18. The highest BCUT2D eigenvalue weighted by Gasteiger charge is 2.22. The number of carbonyl (C=O) groups excluding carboxylic acids is 2. The van der Waals surface area contributed by atoms with Crippen LogP contribution < -0.4 is 10.2 Å². The fraction of sp³-hybridized carbons (Fsp3) is 0.273.